The van der Waals surface area contributed by atoms with Gasteiger partial charge in [-0.05, 0) is 37.3 Å². The van der Waals surface area contributed by atoms with Crippen LogP contribution in [0.3, 0.4) is 0 Å². The first kappa shape index (κ1) is 17.5. The van der Waals surface area contributed by atoms with Crippen LogP contribution in [0.15, 0.2) is 29.3 Å². The predicted octanol–water partition coefficient (Wildman–Crippen LogP) is 2.43. The molecule has 25 heavy (non-hydrogen) atoms. The van der Waals surface area contributed by atoms with Crippen LogP contribution in [0, 0.1) is 0 Å². The summed E-state index contributed by atoms with van der Waals surface area (Å²) in [7, 11) is 0. The highest BCUT2D eigenvalue weighted by molar-refractivity contribution is 5.79. The van der Waals surface area contributed by atoms with Gasteiger partial charge >= 0.3 is 0 Å². The number of hydrogen-bond donors (Lipinski definition) is 2. The molecule has 0 amide bonds. The van der Waals surface area contributed by atoms with Gasteiger partial charge in [0.15, 0.2) is 11.8 Å². The molecular weight excluding hydrogens is 312 g/mol. The first-order chi connectivity index (χ1) is 12.3. The topological polar surface area (TPSA) is 67.1 Å². The first-order valence-electron chi connectivity index (χ1n) is 9.31. The molecule has 0 bridgehead atoms. The Balaban J connectivity index is 1.65. The molecule has 0 saturated heterocycles. The zero-order valence-electron chi connectivity index (χ0n) is 15.3. The molecule has 0 aliphatic carbocycles. The normalized spacial score (nSPS) is 14.2. The lowest BCUT2D eigenvalue weighted by Gasteiger charge is -2.16. The van der Waals surface area contributed by atoms with Gasteiger partial charge in [0.2, 0.25) is 0 Å². The molecule has 134 valence electrons. The summed E-state index contributed by atoms with van der Waals surface area (Å²) >= 11 is 0. The molecule has 3 rings (SSSR count). The Morgan fingerprint density at radius 2 is 1.96 bits per heavy atom. The maximum absolute atomic E-state index is 4.74. The molecule has 1 aromatic carbocycles. The second-order valence-electron chi connectivity index (χ2n) is 6.31. The zero-order chi connectivity index (χ0) is 17.5. The Kier molecular flexibility index (Phi) is 6.04. The highest BCUT2D eigenvalue weighted by Gasteiger charge is 2.15. The van der Waals surface area contributed by atoms with Crippen molar-refractivity contribution < 1.29 is 0 Å². The third-order valence-electron chi connectivity index (χ3n) is 4.60. The van der Waals surface area contributed by atoms with Gasteiger partial charge < -0.3 is 15.2 Å². The minimum atomic E-state index is 0.647. The molecule has 0 fully saturated rings. The van der Waals surface area contributed by atoms with E-state index in [4.69, 9.17) is 4.99 Å². The number of rotatable bonds is 6. The number of benzene rings is 1. The maximum atomic E-state index is 4.74. The summed E-state index contributed by atoms with van der Waals surface area (Å²) in [6, 6.07) is 8.49. The molecule has 2 heterocycles. The van der Waals surface area contributed by atoms with Crippen LogP contribution < -0.4 is 10.6 Å². The minimum Gasteiger partial charge on any atom is -0.357 e. The molecular formula is C19H28N6. The van der Waals surface area contributed by atoms with Gasteiger partial charge in [-0.15, -0.1) is 10.2 Å². The van der Waals surface area contributed by atoms with Crippen LogP contribution in [-0.4, -0.2) is 27.3 Å². The average Bonchev–Trinajstić information content (AvgIpc) is 3.07. The lowest BCUT2D eigenvalue weighted by Crippen LogP contribution is -2.37. The lowest BCUT2D eigenvalue weighted by molar-refractivity contribution is 0.504. The third-order valence-corrected chi connectivity index (χ3v) is 4.60. The molecule has 6 nitrogen and oxygen atoms in total. The highest BCUT2D eigenvalue weighted by atomic mass is 15.3. The van der Waals surface area contributed by atoms with Crippen molar-refractivity contribution in [3.63, 3.8) is 0 Å². The van der Waals surface area contributed by atoms with Crippen LogP contribution in [0.4, 0.5) is 0 Å². The summed E-state index contributed by atoms with van der Waals surface area (Å²) in [5, 5.41) is 15.4. The molecule has 1 aromatic heterocycles. The molecule has 1 aliphatic rings. The first-order valence-corrected chi connectivity index (χ1v) is 9.31. The van der Waals surface area contributed by atoms with Crippen LogP contribution in [-0.2, 0) is 32.5 Å². The SMILES string of the molecule is CCNC(=NCc1ccccc1CC)NCc1nnc2n1CCCC2. The van der Waals surface area contributed by atoms with E-state index in [-0.39, 0.29) is 0 Å². The van der Waals surface area contributed by atoms with Gasteiger partial charge in [-0.25, -0.2) is 4.99 Å². The van der Waals surface area contributed by atoms with Crippen molar-refractivity contribution in [3.8, 4) is 0 Å². The van der Waals surface area contributed by atoms with Crippen LogP contribution in [0.25, 0.3) is 0 Å². The second-order valence-corrected chi connectivity index (χ2v) is 6.31. The Hall–Kier alpha value is -2.37. The van der Waals surface area contributed by atoms with E-state index in [0.717, 1.165) is 43.5 Å². The highest BCUT2D eigenvalue weighted by Crippen LogP contribution is 2.14. The van der Waals surface area contributed by atoms with E-state index in [1.807, 2.05) is 0 Å². The molecule has 2 aromatic rings. The summed E-state index contributed by atoms with van der Waals surface area (Å²) in [6.07, 6.45) is 4.49. The number of aromatic nitrogens is 3. The van der Waals surface area contributed by atoms with E-state index in [2.05, 4.69) is 63.5 Å². The molecule has 0 saturated carbocycles. The number of hydrogen-bond acceptors (Lipinski definition) is 3. The van der Waals surface area contributed by atoms with Crippen molar-refractivity contribution in [2.45, 2.75) is 59.2 Å². The lowest BCUT2D eigenvalue weighted by atomic mass is 10.1. The van der Waals surface area contributed by atoms with Gasteiger partial charge in [0.05, 0.1) is 13.1 Å². The van der Waals surface area contributed by atoms with Crippen molar-refractivity contribution >= 4 is 5.96 Å². The Morgan fingerprint density at radius 3 is 2.76 bits per heavy atom. The van der Waals surface area contributed by atoms with E-state index in [1.165, 1.54) is 24.0 Å². The van der Waals surface area contributed by atoms with Crippen molar-refractivity contribution in [2.75, 3.05) is 6.54 Å². The van der Waals surface area contributed by atoms with E-state index in [9.17, 15) is 0 Å². The quantitative estimate of drug-likeness (QED) is 0.626. The summed E-state index contributed by atoms with van der Waals surface area (Å²) < 4.78 is 2.24. The fourth-order valence-corrected chi connectivity index (χ4v) is 3.22. The third kappa shape index (κ3) is 4.38. The number of fused-ring (bicyclic) bond motifs is 1. The number of nitrogens with zero attached hydrogens (tertiary/aromatic N) is 4. The predicted molar refractivity (Wildman–Crippen MR) is 100 cm³/mol. The van der Waals surface area contributed by atoms with E-state index >= 15 is 0 Å². The molecule has 6 heteroatoms. The van der Waals surface area contributed by atoms with Gasteiger partial charge in [-0.1, -0.05) is 31.2 Å². The van der Waals surface area contributed by atoms with Crippen LogP contribution in [0.1, 0.15) is 49.5 Å². The average molecular weight is 340 g/mol. The largest absolute Gasteiger partial charge is 0.357 e. The van der Waals surface area contributed by atoms with Gasteiger partial charge in [-0.2, -0.15) is 0 Å². The van der Waals surface area contributed by atoms with E-state index < -0.39 is 0 Å². The van der Waals surface area contributed by atoms with Crippen molar-refractivity contribution in [1.82, 2.24) is 25.4 Å². The fourth-order valence-electron chi connectivity index (χ4n) is 3.22. The monoisotopic (exact) mass is 340 g/mol. The molecule has 0 spiro atoms. The second kappa shape index (κ2) is 8.65. The van der Waals surface area contributed by atoms with Crippen molar-refractivity contribution in [1.29, 1.82) is 0 Å². The summed E-state index contributed by atoms with van der Waals surface area (Å²) in [6.45, 7) is 7.44. The Bertz CT molecular complexity index is 718. The smallest absolute Gasteiger partial charge is 0.191 e. The van der Waals surface area contributed by atoms with E-state index in [1.54, 1.807) is 0 Å². The maximum Gasteiger partial charge on any atom is 0.191 e. The zero-order valence-corrected chi connectivity index (χ0v) is 15.3. The summed E-state index contributed by atoms with van der Waals surface area (Å²) in [4.78, 5) is 4.74. The van der Waals surface area contributed by atoms with Crippen LogP contribution in [0.5, 0.6) is 0 Å². The van der Waals surface area contributed by atoms with E-state index in [0.29, 0.717) is 13.1 Å². The molecule has 1 aliphatic heterocycles. The van der Waals surface area contributed by atoms with Gasteiger partial charge in [-0.3, -0.25) is 0 Å². The molecule has 0 unspecified atom stereocenters. The molecule has 0 radical (unpaired) electrons. The number of aliphatic imine (C=N–C) groups is 1. The minimum absolute atomic E-state index is 0.647. The standard InChI is InChI=1S/C19H28N6/c1-3-15-9-5-6-10-16(15)13-21-19(20-4-2)22-14-18-24-23-17-11-7-8-12-25(17)18/h5-6,9-10H,3-4,7-8,11-14H2,1-2H3,(H2,20,21,22). The Morgan fingerprint density at radius 1 is 1.12 bits per heavy atom. The van der Waals surface area contributed by atoms with Crippen molar-refractivity contribution in [2.24, 2.45) is 4.99 Å². The Labute approximate surface area is 149 Å². The van der Waals surface area contributed by atoms with Crippen LogP contribution >= 0.6 is 0 Å². The van der Waals surface area contributed by atoms with Gasteiger partial charge in [0, 0.05) is 19.5 Å². The molecule has 0 atom stereocenters. The number of nitrogens with one attached hydrogen (secondary N) is 2. The van der Waals surface area contributed by atoms with Gasteiger partial charge in [0.25, 0.3) is 0 Å². The fraction of sp³-hybridized carbons (Fsp3) is 0.526. The van der Waals surface area contributed by atoms with Gasteiger partial charge in [0.1, 0.15) is 5.82 Å². The number of guanidine groups is 1. The van der Waals surface area contributed by atoms with Crippen molar-refractivity contribution in [3.05, 3.63) is 47.0 Å². The van der Waals surface area contributed by atoms with Crippen LogP contribution in [0.2, 0.25) is 0 Å². The molecule has 2 N–H and O–H groups in total. The summed E-state index contributed by atoms with van der Waals surface area (Å²) in [5.41, 5.74) is 2.63. The number of aryl methyl sites for hydroxylation is 2. The summed E-state index contributed by atoms with van der Waals surface area (Å²) in [5.74, 6) is 2.93.